The van der Waals surface area contributed by atoms with E-state index in [0.29, 0.717) is 28.4 Å². The summed E-state index contributed by atoms with van der Waals surface area (Å²) >= 11 is 0. The van der Waals surface area contributed by atoms with Crippen molar-refractivity contribution in [2.24, 2.45) is 0 Å². The summed E-state index contributed by atoms with van der Waals surface area (Å²) in [6.07, 6.45) is 1.65. The lowest BCUT2D eigenvalue weighted by Gasteiger charge is -2.08. The van der Waals surface area contributed by atoms with Gasteiger partial charge in [0.15, 0.2) is 5.76 Å². The van der Waals surface area contributed by atoms with Crippen LogP contribution in [-0.2, 0) is 6.61 Å². The van der Waals surface area contributed by atoms with Crippen LogP contribution in [0.15, 0.2) is 72.5 Å². The van der Waals surface area contributed by atoms with Crippen LogP contribution < -0.4 is 14.2 Å². The van der Waals surface area contributed by atoms with Gasteiger partial charge >= 0.3 is 0 Å². The Balaban J connectivity index is 1.54. The van der Waals surface area contributed by atoms with Crippen molar-refractivity contribution >= 4 is 11.9 Å². The van der Waals surface area contributed by atoms with Gasteiger partial charge in [0.25, 0.3) is 0 Å². The maximum absolute atomic E-state index is 13.7. The van der Waals surface area contributed by atoms with Crippen molar-refractivity contribution in [1.29, 1.82) is 0 Å². The van der Waals surface area contributed by atoms with Crippen LogP contribution in [0.4, 0.5) is 4.39 Å². The molecule has 0 aliphatic carbocycles. The van der Waals surface area contributed by atoms with Crippen LogP contribution in [0.25, 0.3) is 6.08 Å². The number of ketones is 1. The number of allylic oxidation sites excluding steroid dienone is 1. The highest BCUT2D eigenvalue weighted by molar-refractivity contribution is 6.14. The molecule has 0 aromatic heterocycles. The third kappa shape index (κ3) is 3.47. The summed E-state index contributed by atoms with van der Waals surface area (Å²) in [6, 6.07) is 18.8. The normalized spacial score (nSPS) is 13.9. The highest BCUT2D eigenvalue weighted by atomic mass is 19.1. The van der Waals surface area contributed by atoms with Gasteiger partial charge in [-0.15, -0.1) is 0 Å². The van der Waals surface area contributed by atoms with E-state index in [9.17, 15) is 9.18 Å². The molecular formula is C23H17FO4. The second-order valence-corrected chi connectivity index (χ2v) is 6.22. The van der Waals surface area contributed by atoms with E-state index in [2.05, 4.69) is 0 Å². The van der Waals surface area contributed by atoms with Crippen molar-refractivity contribution in [3.63, 3.8) is 0 Å². The topological polar surface area (TPSA) is 44.8 Å². The Morgan fingerprint density at radius 3 is 2.64 bits per heavy atom. The zero-order valence-corrected chi connectivity index (χ0v) is 15.1. The summed E-state index contributed by atoms with van der Waals surface area (Å²) in [6.45, 7) is 0.0866. The summed E-state index contributed by atoms with van der Waals surface area (Å²) in [4.78, 5) is 12.6. The lowest BCUT2D eigenvalue weighted by Crippen LogP contribution is -1.99. The number of hydrogen-bond donors (Lipinski definition) is 0. The summed E-state index contributed by atoms with van der Waals surface area (Å²) in [5.74, 6) is 1.24. The molecule has 0 saturated heterocycles. The highest BCUT2D eigenvalue weighted by Gasteiger charge is 2.28. The van der Waals surface area contributed by atoms with Crippen molar-refractivity contribution in [2.45, 2.75) is 6.61 Å². The average Bonchev–Trinajstić information content (AvgIpc) is 3.02. The molecule has 3 aromatic carbocycles. The maximum atomic E-state index is 13.7. The van der Waals surface area contributed by atoms with Gasteiger partial charge in [0.05, 0.1) is 12.7 Å². The second-order valence-electron chi connectivity index (χ2n) is 6.22. The van der Waals surface area contributed by atoms with Crippen molar-refractivity contribution in [3.8, 4) is 17.2 Å². The van der Waals surface area contributed by atoms with E-state index in [1.54, 1.807) is 49.6 Å². The van der Waals surface area contributed by atoms with Gasteiger partial charge in [0.2, 0.25) is 5.78 Å². The largest absolute Gasteiger partial charge is 0.496 e. The number of ether oxygens (including phenoxy) is 3. The van der Waals surface area contributed by atoms with Crippen LogP contribution in [0.1, 0.15) is 21.5 Å². The molecule has 1 heterocycles. The molecule has 0 fully saturated rings. The fourth-order valence-corrected chi connectivity index (χ4v) is 2.96. The second kappa shape index (κ2) is 7.56. The van der Waals surface area contributed by atoms with Gasteiger partial charge in [-0.1, -0.05) is 36.4 Å². The molecule has 0 N–H and O–H groups in total. The molecule has 1 aliphatic heterocycles. The predicted molar refractivity (Wildman–Crippen MR) is 103 cm³/mol. The van der Waals surface area contributed by atoms with Crippen LogP contribution >= 0.6 is 0 Å². The molecule has 0 spiro atoms. The Labute approximate surface area is 161 Å². The molecule has 3 aromatic rings. The quantitative estimate of drug-likeness (QED) is 0.586. The summed E-state index contributed by atoms with van der Waals surface area (Å²) < 4.78 is 30.4. The lowest BCUT2D eigenvalue weighted by atomic mass is 10.1. The standard InChI is InChI=1S/C23H17FO4/c1-26-20-9-5-3-6-15(20)12-22-23(25)18-11-10-17(13-21(18)28-22)27-14-16-7-2-4-8-19(16)24/h2-13H,14H2,1H3. The number of carbonyl (C=O) groups excluding carboxylic acids is 1. The summed E-state index contributed by atoms with van der Waals surface area (Å²) in [7, 11) is 1.57. The molecule has 5 heteroatoms. The Bertz CT molecular complexity index is 1070. The van der Waals surface area contributed by atoms with E-state index in [1.165, 1.54) is 6.07 Å². The minimum absolute atomic E-state index is 0.0866. The summed E-state index contributed by atoms with van der Waals surface area (Å²) in [5, 5.41) is 0. The average molecular weight is 376 g/mol. The monoisotopic (exact) mass is 376 g/mol. The highest BCUT2D eigenvalue weighted by Crippen LogP contribution is 2.36. The smallest absolute Gasteiger partial charge is 0.231 e. The first-order chi connectivity index (χ1) is 13.7. The number of benzene rings is 3. The molecule has 4 nitrogen and oxygen atoms in total. The van der Waals surface area contributed by atoms with Crippen LogP contribution in [0.3, 0.4) is 0 Å². The first-order valence-corrected chi connectivity index (χ1v) is 8.73. The molecular weight excluding hydrogens is 359 g/mol. The van der Waals surface area contributed by atoms with Gasteiger partial charge in [-0.3, -0.25) is 4.79 Å². The fraction of sp³-hybridized carbons (Fsp3) is 0.0870. The number of halogens is 1. The molecule has 0 amide bonds. The molecule has 140 valence electrons. The number of fused-ring (bicyclic) bond motifs is 1. The minimum Gasteiger partial charge on any atom is -0.496 e. The molecule has 0 bridgehead atoms. The molecule has 28 heavy (non-hydrogen) atoms. The van der Waals surface area contributed by atoms with E-state index >= 15 is 0 Å². The minimum atomic E-state index is -0.322. The predicted octanol–water partition coefficient (Wildman–Crippen LogP) is 5.03. The van der Waals surface area contributed by atoms with Crippen LogP contribution in [0.2, 0.25) is 0 Å². The van der Waals surface area contributed by atoms with E-state index in [0.717, 1.165) is 5.56 Å². The van der Waals surface area contributed by atoms with E-state index in [-0.39, 0.29) is 24.0 Å². The third-order valence-electron chi connectivity index (χ3n) is 4.42. The number of methoxy groups -OCH3 is 1. The molecule has 1 aliphatic rings. The Kier molecular flexibility index (Phi) is 4.81. The van der Waals surface area contributed by atoms with Gasteiger partial charge in [0, 0.05) is 17.2 Å². The van der Waals surface area contributed by atoms with Gasteiger partial charge < -0.3 is 14.2 Å². The van der Waals surface area contributed by atoms with Gasteiger partial charge in [-0.25, -0.2) is 4.39 Å². The molecule has 4 rings (SSSR count). The number of para-hydroxylation sites is 1. The number of rotatable bonds is 5. The Hall–Kier alpha value is -3.60. The third-order valence-corrected chi connectivity index (χ3v) is 4.42. The van der Waals surface area contributed by atoms with E-state index in [4.69, 9.17) is 14.2 Å². The van der Waals surface area contributed by atoms with Crippen LogP contribution in [0, 0.1) is 5.82 Å². The number of hydrogen-bond acceptors (Lipinski definition) is 4. The number of carbonyl (C=O) groups is 1. The lowest BCUT2D eigenvalue weighted by molar-refractivity contribution is 0.101. The van der Waals surface area contributed by atoms with Gasteiger partial charge in [-0.05, 0) is 30.3 Å². The SMILES string of the molecule is COc1ccccc1C=C1Oc2cc(OCc3ccccc3F)ccc2C1=O. The van der Waals surface area contributed by atoms with E-state index in [1.807, 2.05) is 24.3 Å². The van der Waals surface area contributed by atoms with Crippen molar-refractivity contribution in [1.82, 2.24) is 0 Å². The maximum Gasteiger partial charge on any atom is 0.231 e. The molecule has 0 atom stereocenters. The molecule has 0 saturated carbocycles. The van der Waals surface area contributed by atoms with Crippen molar-refractivity contribution < 1.29 is 23.4 Å². The Morgan fingerprint density at radius 2 is 1.82 bits per heavy atom. The van der Waals surface area contributed by atoms with Crippen LogP contribution in [0.5, 0.6) is 17.2 Å². The Morgan fingerprint density at radius 1 is 1.04 bits per heavy atom. The van der Waals surface area contributed by atoms with Crippen molar-refractivity contribution in [3.05, 3.63) is 95.0 Å². The van der Waals surface area contributed by atoms with Crippen molar-refractivity contribution in [2.75, 3.05) is 7.11 Å². The first kappa shape index (κ1) is 17.8. The number of Topliss-reactive ketones (excluding diaryl/α,β-unsaturated/α-hetero) is 1. The zero-order chi connectivity index (χ0) is 19.5. The molecule has 0 unspecified atom stereocenters. The summed E-state index contributed by atoms with van der Waals surface area (Å²) in [5.41, 5.74) is 1.66. The van der Waals surface area contributed by atoms with Gasteiger partial charge in [-0.2, -0.15) is 0 Å². The molecule has 0 radical (unpaired) electrons. The van der Waals surface area contributed by atoms with Crippen LogP contribution in [-0.4, -0.2) is 12.9 Å². The fourth-order valence-electron chi connectivity index (χ4n) is 2.96. The van der Waals surface area contributed by atoms with E-state index < -0.39 is 0 Å². The first-order valence-electron chi connectivity index (χ1n) is 8.73. The van der Waals surface area contributed by atoms with Gasteiger partial charge in [0.1, 0.15) is 29.7 Å². The zero-order valence-electron chi connectivity index (χ0n) is 15.1.